The van der Waals surface area contributed by atoms with Crippen LogP contribution in [0.1, 0.15) is 44.0 Å². The van der Waals surface area contributed by atoms with Gasteiger partial charge in [0, 0.05) is 19.5 Å². The molecule has 1 aromatic heterocycles. The Balaban J connectivity index is 2.23. The Morgan fingerprint density at radius 3 is 2.88 bits per heavy atom. The van der Waals surface area contributed by atoms with Crippen molar-refractivity contribution in [3.63, 3.8) is 0 Å². The van der Waals surface area contributed by atoms with Crippen LogP contribution in [0.15, 0.2) is 4.47 Å². The number of nitrogens with one attached hydrogen (secondary N) is 1. The Hall–Kier alpha value is -0.350. The number of halogens is 1. The zero-order chi connectivity index (χ0) is 12.4. The molecular formula is C13H22BrN3. The van der Waals surface area contributed by atoms with Gasteiger partial charge >= 0.3 is 0 Å². The summed E-state index contributed by atoms with van der Waals surface area (Å²) in [5.74, 6) is 1.24. The van der Waals surface area contributed by atoms with Crippen molar-refractivity contribution >= 4 is 15.9 Å². The second-order valence-electron chi connectivity index (χ2n) is 5.41. The third-order valence-corrected chi connectivity index (χ3v) is 4.28. The van der Waals surface area contributed by atoms with Gasteiger partial charge < -0.3 is 5.32 Å². The summed E-state index contributed by atoms with van der Waals surface area (Å²) in [5.41, 5.74) is 2.58. The van der Waals surface area contributed by atoms with Gasteiger partial charge in [-0.05, 0) is 47.7 Å². The minimum Gasteiger partial charge on any atom is -0.316 e. The smallest absolute Gasteiger partial charge is 0.0812 e. The Morgan fingerprint density at radius 2 is 2.29 bits per heavy atom. The average Bonchev–Trinajstić information content (AvgIpc) is 2.58. The summed E-state index contributed by atoms with van der Waals surface area (Å²) in [4.78, 5) is 0. The summed E-state index contributed by atoms with van der Waals surface area (Å²) < 4.78 is 3.29. The number of nitrogens with zero attached hydrogens (tertiary/aromatic N) is 2. The van der Waals surface area contributed by atoms with Crippen molar-refractivity contribution in [3.05, 3.63) is 15.9 Å². The first-order valence-electron chi connectivity index (χ1n) is 6.51. The topological polar surface area (TPSA) is 29.9 Å². The fraction of sp³-hybridized carbons (Fsp3) is 0.769. The molecule has 0 bridgehead atoms. The van der Waals surface area contributed by atoms with Crippen LogP contribution in [-0.4, -0.2) is 22.9 Å². The van der Waals surface area contributed by atoms with Crippen LogP contribution in [0.25, 0.3) is 0 Å². The minimum atomic E-state index is 0.574. The van der Waals surface area contributed by atoms with Gasteiger partial charge in [-0.2, -0.15) is 5.10 Å². The summed E-state index contributed by atoms with van der Waals surface area (Å²) in [7, 11) is 2.06. The van der Waals surface area contributed by atoms with Crippen molar-refractivity contribution in [2.45, 2.75) is 39.0 Å². The van der Waals surface area contributed by atoms with Crippen LogP contribution >= 0.6 is 15.9 Å². The highest BCUT2D eigenvalue weighted by molar-refractivity contribution is 9.10. The number of piperidine rings is 1. The van der Waals surface area contributed by atoms with Crippen molar-refractivity contribution in [2.75, 3.05) is 13.1 Å². The van der Waals surface area contributed by atoms with Gasteiger partial charge in [0.05, 0.1) is 15.9 Å². The van der Waals surface area contributed by atoms with E-state index in [1.807, 2.05) is 4.68 Å². The predicted octanol–water partition coefficient (Wildman–Crippen LogP) is 2.85. The van der Waals surface area contributed by atoms with Crippen LogP contribution in [0.4, 0.5) is 0 Å². The maximum atomic E-state index is 4.72. The van der Waals surface area contributed by atoms with Gasteiger partial charge in [-0.3, -0.25) is 4.68 Å². The Kier molecular flexibility index (Phi) is 4.26. The second-order valence-corrected chi connectivity index (χ2v) is 6.20. The molecule has 3 nitrogen and oxygen atoms in total. The van der Waals surface area contributed by atoms with Gasteiger partial charge in [0.1, 0.15) is 0 Å². The molecule has 0 radical (unpaired) electrons. The van der Waals surface area contributed by atoms with Crippen LogP contribution in [0.5, 0.6) is 0 Å². The van der Waals surface area contributed by atoms with E-state index in [0.29, 0.717) is 11.8 Å². The quantitative estimate of drug-likeness (QED) is 0.930. The average molecular weight is 300 g/mol. The second kappa shape index (κ2) is 5.53. The van der Waals surface area contributed by atoms with Crippen LogP contribution in [0, 0.1) is 5.92 Å². The van der Waals surface area contributed by atoms with Gasteiger partial charge in [-0.25, -0.2) is 0 Å². The SMILES string of the molecule is CC(C)Cc1c(Br)c(C2CCCNC2)nn1C. The molecule has 0 spiro atoms. The molecule has 0 aliphatic carbocycles. The maximum absolute atomic E-state index is 4.72. The molecule has 0 amide bonds. The van der Waals surface area contributed by atoms with Crippen molar-refractivity contribution in [1.29, 1.82) is 0 Å². The molecule has 4 heteroatoms. The summed E-state index contributed by atoms with van der Waals surface area (Å²) in [6.07, 6.45) is 3.60. The highest BCUT2D eigenvalue weighted by Gasteiger charge is 2.23. The van der Waals surface area contributed by atoms with E-state index in [1.165, 1.54) is 28.7 Å². The van der Waals surface area contributed by atoms with E-state index in [0.717, 1.165) is 19.5 Å². The van der Waals surface area contributed by atoms with Gasteiger partial charge in [0.2, 0.25) is 0 Å². The molecule has 0 saturated carbocycles. The third-order valence-electron chi connectivity index (χ3n) is 3.41. The molecule has 2 heterocycles. The first-order chi connectivity index (χ1) is 8.09. The molecule has 1 atom stereocenters. The normalized spacial score (nSPS) is 21.1. The van der Waals surface area contributed by atoms with Crippen molar-refractivity contribution in [1.82, 2.24) is 15.1 Å². The highest BCUT2D eigenvalue weighted by atomic mass is 79.9. The lowest BCUT2D eigenvalue weighted by molar-refractivity contribution is 0.450. The molecule has 1 unspecified atom stereocenters. The van der Waals surface area contributed by atoms with Gasteiger partial charge in [0.15, 0.2) is 0 Å². The lowest BCUT2D eigenvalue weighted by Gasteiger charge is -2.21. The molecule has 1 aliphatic rings. The number of aryl methyl sites for hydroxylation is 1. The van der Waals surface area contributed by atoms with Gasteiger partial charge in [-0.1, -0.05) is 13.8 Å². The summed E-state index contributed by atoms with van der Waals surface area (Å²) >= 11 is 3.76. The first kappa shape index (κ1) is 13.1. The lowest BCUT2D eigenvalue weighted by Crippen LogP contribution is -2.28. The summed E-state index contributed by atoms with van der Waals surface area (Å²) in [6.45, 7) is 6.72. The fourth-order valence-corrected chi connectivity index (χ4v) is 3.33. The molecule has 0 aromatic carbocycles. The van der Waals surface area contributed by atoms with Crippen molar-refractivity contribution in [3.8, 4) is 0 Å². The number of aromatic nitrogens is 2. The molecule has 1 saturated heterocycles. The van der Waals surface area contributed by atoms with Crippen LogP contribution in [0.3, 0.4) is 0 Å². The Labute approximate surface area is 112 Å². The first-order valence-corrected chi connectivity index (χ1v) is 7.31. The lowest BCUT2D eigenvalue weighted by atomic mass is 9.95. The number of hydrogen-bond acceptors (Lipinski definition) is 2. The van der Waals surface area contributed by atoms with Crippen molar-refractivity contribution < 1.29 is 0 Å². The molecule has 2 rings (SSSR count). The van der Waals surface area contributed by atoms with E-state index < -0.39 is 0 Å². The van der Waals surface area contributed by atoms with Gasteiger partial charge in [-0.15, -0.1) is 0 Å². The van der Waals surface area contributed by atoms with E-state index in [1.54, 1.807) is 0 Å². The van der Waals surface area contributed by atoms with Crippen LogP contribution in [-0.2, 0) is 13.5 Å². The monoisotopic (exact) mass is 299 g/mol. The molecular weight excluding hydrogens is 278 g/mol. The molecule has 17 heavy (non-hydrogen) atoms. The molecule has 1 N–H and O–H groups in total. The maximum Gasteiger partial charge on any atom is 0.0812 e. The van der Waals surface area contributed by atoms with E-state index in [-0.39, 0.29) is 0 Å². The Morgan fingerprint density at radius 1 is 1.53 bits per heavy atom. The van der Waals surface area contributed by atoms with E-state index in [2.05, 4.69) is 42.1 Å². The fourth-order valence-electron chi connectivity index (χ4n) is 2.51. The summed E-state index contributed by atoms with van der Waals surface area (Å²) in [6, 6.07) is 0. The minimum absolute atomic E-state index is 0.574. The number of hydrogen-bond donors (Lipinski definition) is 1. The molecule has 1 aliphatic heterocycles. The van der Waals surface area contributed by atoms with Crippen molar-refractivity contribution in [2.24, 2.45) is 13.0 Å². The van der Waals surface area contributed by atoms with Gasteiger partial charge in [0.25, 0.3) is 0 Å². The van der Waals surface area contributed by atoms with Crippen LogP contribution < -0.4 is 5.32 Å². The zero-order valence-electron chi connectivity index (χ0n) is 11.0. The van der Waals surface area contributed by atoms with Crippen LogP contribution in [0.2, 0.25) is 0 Å². The third kappa shape index (κ3) is 2.91. The molecule has 1 aromatic rings. The molecule has 96 valence electrons. The van der Waals surface area contributed by atoms with E-state index in [4.69, 9.17) is 5.10 Å². The Bertz CT molecular complexity index is 378. The standard InChI is InChI=1S/C13H22BrN3/c1-9(2)7-11-12(14)13(16-17(11)3)10-5-4-6-15-8-10/h9-10,15H,4-8H2,1-3H3. The van der Waals surface area contributed by atoms with E-state index >= 15 is 0 Å². The predicted molar refractivity (Wildman–Crippen MR) is 74.3 cm³/mol. The highest BCUT2D eigenvalue weighted by Crippen LogP contribution is 2.32. The molecule has 1 fully saturated rings. The van der Waals surface area contributed by atoms with E-state index in [9.17, 15) is 0 Å². The summed E-state index contributed by atoms with van der Waals surface area (Å²) in [5, 5.41) is 8.18. The largest absolute Gasteiger partial charge is 0.316 e. The number of rotatable bonds is 3. The zero-order valence-corrected chi connectivity index (χ0v) is 12.5.